The van der Waals surface area contributed by atoms with Crippen molar-refractivity contribution in [2.45, 2.75) is 12.2 Å². The second-order valence-corrected chi connectivity index (χ2v) is 5.09. The first-order valence-electron chi connectivity index (χ1n) is 5.52. The summed E-state index contributed by atoms with van der Waals surface area (Å²) in [6, 6.07) is 1.92. The van der Waals surface area contributed by atoms with Crippen molar-refractivity contribution in [2.24, 2.45) is 5.84 Å². The number of hydrazine groups is 1. The third-order valence-corrected chi connectivity index (χ3v) is 3.80. The molecule has 1 aliphatic rings. The topological polar surface area (TPSA) is 108 Å². The number of hydrogen-bond acceptors (Lipinski definition) is 8. The molecule has 2 atom stereocenters. The fourth-order valence-electron chi connectivity index (χ4n) is 2.09. The highest BCUT2D eigenvalue weighted by molar-refractivity contribution is 7.16. The van der Waals surface area contributed by atoms with E-state index >= 15 is 0 Å². The van der Waals surface area contributed by atoms with Gasteiger partial charge in [-0.3, -0.25) is 5.43 Å². The fourth-order valence-corrected chi connectivity index (χ4v) is 2.85. The standard InChI is InChI=1S/C10H13N5O2S/c11-14-10-12-8(5-1-2-18-9(5)13-10)15-3-6(16)7(17)4-15/h1-2,6-7,16-17H,3-4,11H2,(H,12,13,14). The molecule has 3 heterocycles. The van der Waals surface area contributed by atoms with Crippen molar-refractivity contribution in [3.05, 3.63) is 11.4 Å². The van der Waals surface area contributed by atoms with Crippen LogP contribution < -0.4 is 16.2 Å². The predicted octanol–water partition coefficient (Wildman–Crippen LogP) is -0.481. The van der Waals surface area contributed by atoms with Crippen LogP contribution in [0.25, 0.3) is 10.2 Å². The van der Waals surface area contributed by atoms with Gasteiger partial charge in [0.25, 0.3) is 0 Å². The smallest absolute Gasteiger partial charge is 0.240 e. The van der Waals surface area contributed by atoms with Crippen LogP contribution >= 0.6 is 11.3 Å². The molecule has 2 aromatic rings. The second kappa shape index (κ2) is 4.32. The summed E-state index contributed by atoms with van der Waals surface area (Å²) >= 11 is 1.49. The molecular weight excluding hydrogens is 254 g/mol. The molecule has 1 fully saturated rings. The number of hydrogen-bond donors (Lipinski definition) is 4. The molecule has 0 spiro atoms. The largest absolute Gasteiger partial charge is 0.389 e. The molecule has 18 heavy (non-hydrogen) atoms. The molecular formula is C10H13N5O2S. The summed E-state index contributed by atoms with van der Waals surface area (Å²) < 4.78 is 0. The fraction of sp³-hybridized carbons (Fsp3) is 0.400. The van der Waals surface area contributed by atoms with Crippen molar-refractivity contribution in [1.29, 1.82) is 0 Å². The molecule has 5 N–H and O–H groups in total. The molecule has 0 radical (unpaired) electrons. The van der Waals surface area contributed by atoms with E-state index in [1.54, 1.807) is 0 Å². The van der Waals surface area contributed by atoms with E-state index in [-0.39, 0.29) is 0 Å². The molecule has 2 aromatic heterocycles. The highest BCUT2D eigenvalue weighted by Crippen LogP contribution is 2.30. The highest BCUT2D eigenvalue weighted by Gasteiger charge is 2.31. The summed E-state index contributed by atoms with van der Waals surface area (Å²) in [5.74, 6) is 6.36. The van der Waals surface area contributed by atoms with E-state index in [1.807, 2.05) is 16.3 Å². The van der Waals surface area contributed by atoms with Gasteiger partial charge in [0.1, 0.15) is 10.6 Å². The van der Waals surface area contributed by atoms with E-state index in [4.69, 9.17) is 5.84 Å². The summed E-state index contributed by atoms with van der Waals surface area (Å²) in [7, 11) is 0. The maximum absolute atomic E-state index is 9.61. The van der Waals surface area contributed by atoms with Crippen molar-refractivity contribution in [3.8, 4) is 0 Å². The van der Waals surface area contributed by atoms with E-state index in [0.717, 1.165) is 10.2 Å². The van der Waals surface area contributed by atoms with Crippen LogP contribution in [0.4, 0.5) is 11.8 Å². The maximum atomic E-state index is 9.61. The second-order valence-electron chi connectivity index (χ2n) is 4.19. The first-order valence-corrected chi connectivity index (χ1v) is 6.40. The molecule has 0 bridgehead atoms. The Kier molecular flexibility index (Phi) is 2.78. The number of aromatic nitrogens is 2. The van der Waals surface area contributed by atoms with Gasteiger partial charge in [0.2, 0.25) is 5.95 Å². The van der Waals surface area contributed by atoms with E-state index in [0.29, 0.717) is 24.9 Å². The van der Waals surface area contributed by atoms with Gasteiger partial charge in [0, 0.05) is 13.1 Å². The molecule has 7 nitrogen and oxygen atoms in total. The Morgan fingerprint density at radius 3 is 2.72 bits per heavy atom. The Morgan fingerprint density at radius 1 is 1.33 bits per heavy atom. The van der Waals surface area contributed by atoms with Crippen LogP contribution in [0.5, 0.6) is 0 Å². The van der Waals surface area contributed by atoms with Gasteiger partial charge in [0.15, 0.2) is 0 Å². The van der Waals surface area contributed by atoms with E-state index in [1.165, 1.54) is 11.3 Å². The van der Waals surface area contributed by atoms with Crippen molar-refractivity contribution in [3.63, 3.8) is 0 Å². The Hall–Kier alpha value is -1.48. The summed E-state index contributed by atoms with van der Waals surface area (Å²) in [4.78, 5) is 11.2. The zero-order chi connectivity index (χ0) is 12.7. The summed E-state index contributed by atoms with van der Waals surface area (Å²) in [5.41, 5.74) is 2.43. The zero-order valence-corrected chi connectivity index (χ0v) is 10.3. The monoisotopic (exact) mass is 267 g/mol. The Balaban J connectivity index is 2.07. The van der Waals surface area contributed by atoms with Crippen molar-refractivity contribution < 1.29 is 10.2 Å². The molecule has 0 aromatic carbocycles. The first kappa shape index (κ1) is 11.6. The number of nitrogens with zero attached hydrogens (tertiary/aromatic N) is 3. The molecule has 0 saturated carbocycles. The van der Waals surface area contributed by atoms with Crippen LogP contribution in [0.15, 0.2) is 11.4 Å². The maximum Gasteiger partial charge on any atom is 0.240 e. The highest BCUT2D eigenvalue weighted by atomic mass is 32.1. The molecule has 8 heteroatoms. The van der Waals surface area contributed by atoms with Gasteiger partial charge in [-0.15, -0.1) is 11.3 Å². The third-order valence-electron chi connectivity index (χ3n) is 2.99. The number of aliphatic hydroxyl groups is 2. The first-order chi connectivity index (χ1) is 8.69. The predicted molar refractivity (Wildman–Crippen MR) is 69.5 cm³/mol. The van der Waals surface area contributed by atoms with Crippen molar-refractivity contribution in [2.75, 3.05) is 23.4 Å². The average Bonchev–Trinajstić information content (AvgIpc) is 2.95. The van der Waals surface area contributed by atoms with Crippen LogP contribution in [-0.4, -0.2) is 45.5 Å². The lowest BCUT2D eigenvalue weighted by atomic mass is 10.3. The number of nitrogen functional groups attached to an aromatic ring is 1. The van der Waals surface area contributed by atoms with Gasteiger partial charge in [-0.1, -0.05) is 0 Å². The number of aliphatic hydroxyl groups excluding tert-OH is 2. The van der Waals surface area contributed by atoms with Gasteiger partial charge in [-0.25, -0.2) is 10.8 Å². The minimum atomic E-state index is -0.747. The summed E-state index contributed by atoms with van der Waals surface area (Å²) in [5, 5.41) is 22.0. The molecule has 1 saturated heterocycles. The van der Waals surface area contributed by atoms with Gasteiger partial charge in [-0.2, -0.15) is 4.98 Å². The lowest BCUT2D eigenvalue weighted by Gasteiger charge is -2.17. The number of β-amino-alcohol motifs (C(OH)–C–C–N with tert-alkyl or cyclic N) is 2. The quantitative estimate of drug-likeness (QED) is 0.430. The van der Waals surface area contributed by atoms with E-state index < -0.39 is 12.2 Å². The summed E-state index contributed by atoms with van der Waals surface area (Å²) in [6.07, 6.45) is -1.49. The van der Waals surface area contributed by atoms with Crippen molar-refractivity contribution in [1.82, 2.24) is 9.97 Å². The van der Waals surface area contributed by atoms with Crippen LogP contribution in [0, 0.1) is 0 Å². The number of rotatable bonds is 2. The number of fused-ring (bicyclic) bond motifs is 1. The summed E-state index contributed by atoms with van der Waals surface area (Å²) in [6.45, 7) is 0.709. The third kappa shape index (κ3) is 1.79. The molecule has 96 valence electrons. The Morgan fingerprint density at radius 2 is 2.06 bits per heavy atom. The minimum absolute atomic E-state index is 0.329. The van der Waals surface area contributed by atoms with Crippen LogP contribution in [0.3, 0.4) is 0 Å². The normalized spacial score (nSPS) is 23.8. The van der Waals surface area contributed by atoms with Gasteiger partial charge >= 0.3 is 0 Å². The number of thiophene rings is 1. The zero-order valence-electron chi connectivity index (χ0n) is 9.45. The van der Waals surface area contributed by atoms with Crippen LogP contribution in [0.2, 0.25) is 0 Å². The van der Waals surface area contributed by atoms with Crippen LogP contribution in [0.1, 0.15) is 0 Å². The van der Waals surface area contributed by atoms with Crippen LogP contribution in [-0.2, 0) is 0 Å². The number of anilines is 2. The van der Waals surface area contributed by atoms with Gasteiger partial charge < -0.3 is 15.1 Å². The van der Waals surface area contributed by atoms with Crippen molar-refractivity contribution >= 4 is 33.3 Å². The molecule has 0 aliphatic carbocycles. The SMILES string of the molecule is NNc1nc(N2CC(O)C(O)C2)c2ccsc2n1. The average molecular weight is 267 g/mol. The lowest BCUT2D eigenvalue weighted by molar-refractivity contribution is 0.0572. The minimum Gasteiger partial charge on any atom is -0.389 e. The van der Waals surface area contributed by atoms with E-state index in [2.05, 4.69) is 15.4 Å². The van der Waals surface area contributed by atoms with Gasteiger partial charge in [-0.05, 0) is 11.4 Å². The molecule has 2 unspecified atom stereocenters. The Labute approximate surface area is 107 Å². The van der Waals surface area contributed by atoms with Gasteiger partial charge in [0.05, 0.1) is 17.6 Å². The lowest BCUT2D eigenvalue weighted by Crippen LogP contribution is -2.23. The molecule has 0 amide bonds. The van der Waals surface area contributed by atoms with E-state index in [9.17, 15) is 10.2 Å². The molecule has 3 rings (SSSR count). The molecule has 1 aliphatic heterocycles. The number of nitrogens with one attached hydrogen (secondary N) is 1. The number of nitrogens with two attached hydrogens (primary N) is 1. The Bertz CT molecular complexity index is 564.